The van der Waals surface area contributed by atoms with Gasteiger partial charge >= 0.3 is 0 Å². The maximum Gasteiger partial charge on any atom is 0.257 e. The number of rotatable bonds is 16. The number of aromatic nitrogens is 4. The number of carbonyl (C=O) groups is 2. The van der Waals surface area contributed by atoms with Gasteiger partial charge in [0.05, 0.1) is 32.2 Å². The number of ether oxygens (including phenoxy) is 5. The SMILES string of the molecule is COCCOCC(=O)N(CC1CC1)c1cnc(Oc2cc(O[C@@H](C)COC)cc(C(=O)Nc3ccn(C)n3)c2)cn1. The molecule has 4 rings (SSSR count). The maximum absolute atomic E-state index is 13.0. The number of nitrogens with zero attached hydrogens (tertiary/aromatic N) is 5. The van der Waals surface area contributed by atoms with Gasteiger partial charge in [-0.25, -0.2) is 9.97 Å². The quantitative estimate of drug-likeness (QED) is 0.257. The zero-order valence-corrected chi connectivity index (χ0v) is 23.7. The van der Waals surface area contributed by atoms with Crippen LogP contribution >= 0.6 is 0 Å². The van der Waals surface area contributed by atoms with Gasteiger partial charge in [-0.2, -0.15) is 5.10 Å². The first-order valence-corrected chi connectivity index (χ1v) is 13.3. The summed E-state index contributed by atoms with van der Waals surface area (Å²) in [6.07, 6.45) is 6.52. The number of benzene rings is 1. The molecule has 0 bridgehead atoms. The number of anilines is 2. The molecule has 2 amide bonds. The van der Waals surface area contributed by atoms with E-state index in [1.807, 2.05) is 6.92 Å². The molecule has 1 aliphatic carbocycles. The lowest BCUT2D eigenvalue weighted by Gasteiger charge is -2.21. The predicted molar refractivity (Wildman–Crippen MR) is 149 cm³/mol. The van der Waals surface area contributed by atoms with E-state index in [-0.39, 0.29) is 30.4 Å². The highest BCUT2D eigenvalue weighted by atomic mass is 16.5. The van der Waals surface area contributed by atoms with E-state index >= 15 is 0 Å². The Bertz CT molecular complexity index is 1300. The Morgan fingerprint density at radius 1 is 1.10 bits per heavy atom. The van der Waals surface area contributed by atoms with Gasteiger partial charge in [0.25, 0.3) is 11.8 Å². The second-order valence-corrected chi connectivity index (χ2v) is 9.71. The third-order valence-corrected chi connectivity index (χ3v) is 6.05. The molecule has 13 heteroatoms. The molecule has 0 unspecified atom stereocenters. The maximum atomic E-state index is 13.0. The van der Waals surface area contributed by atoms with Crippen LogP contribution in [0.1, 0.15) is 30.1 Å². The molecule has 3 aromatic rings. The van der Waals surface area contributed by atoms with Crippen molar-refractivity contribution in [3.63, 3.8) is 0 Å². The molecule has 0 spiro atoms. The molecule has 1 aliphatic rings. The molecular weight excluding hydrogens is 532 g/mol. The number of amides is 2. The lowest BCUT2D eigenvalue weighted by molar-refractivity contribution is -0.123. The van der Waals surface area contributed by atoms with Gasteiger partial charge < -0.3 is 29.0 Å². The van der Waals surface area contributed by atoms with Crippen molar-refractivity contribution in [2.75, 3.05) is 57.4 Å². The molecule has 0 aliphatic heterocycles. The third kappa shape index (κ3) is 9.23. The highest BCUT2D eigenvalue weighted by Gasteiger charge is 2.28. The molecule has 2 aromatic heterocycles. The van der Waals surface area contributed by atoms with Crippen LogP contribution in [0, 0.1) is 5.92 Å². The number of nitrogens with one attached hydrogen (secondary N) is 1. The molecule has 13 nitrogen and oxygen atoms in total. The van der Waals surface area contributed by atoms with Gasteiger partial charge in [-0.15, -0.1) is 0 Å². The fourth-order valence-electron chi connectivity index (χ4n) is 3.88. The second kappa shape index (κ2) is 14.5. The first-order chi connectivity index (χ1) is 19.8. The summed E-state index contributed by atoms with van der Waals surface area (Å²) in [6.45, 7) is 3.43. The lowest BCUT2D eigenvalue weighted by Crippen LogP contribution is -2.36. The first-order valence-electron chi connectivity index (χ1n) is 13.3. The van der Waals surface area contributed by atoms with Crippen LogP contribution in [0.4, 0.5) is 11.6 Å². The molecular formula is C28H36N6O7. The number of methoxy groups -OCH3 is 2. The molecule has 1 saturated carbocycles. The van der Waals surface area contributed by atoms with Crippen LogP contribution in [0.15, 0.2) is 42.9 Å². The molecule has 41 heavy (non-hydrogen) atoms. The van der Waals surface area contributed by atoms with Crippen molar-refractivity contribution in [3.8, 4) is 17.4 Å². The van der Waals surface area contributed by atoms with Crippen LogP contribution < -0.4 is 19.7 Å². The monoisotopic (exact) mass is 568 g/mol. The van der Waals surface area contributed by atoms with Gasteiger partial charge in [0, 0.05) is 51.7 Å². The normalized spacial score (nSPS) is 13.5. The van der Waals surface area contributed by atoms with Crippen molar-refractivity contribution in [2.45, 2.75) is 25.9 Å². The zero-order valence-electron chi connectivity index (χ0n) is 23.7. The van der Waals surface area contributed by atoms with Crippen molar-refractivity contribution in [2.24, 2.45) is 13.0 Å². The fraction of sp³-hybridized carbons (Fsp3) is 0.464. The van der Waals surface area contributed by atoms with E-state index in [0.717, 1.165) is 12.8 Å². The van der Waals surface area contributed by atoms with E-state index in [0.29, 0.717) is 61.0 Å². The van der Waals surface area contributed by atoms with Crippen LogP contribution in [-0.2, 0) is 26.1 Å². The summed E-state index contributed by atoms with van der Waals surface area (Å²) in [5, 5.41) is 6.95. The minimum atomic E-state index is -0.387. The Balaban J connectivity index is 1.50. The standard InChI is InChI=1S/C28H36N6O7/c1-19(17-38-4)40-22-11-21(28(36)31-24-7-8-33(2)32-24)12-23(13-22)41-26-15-29-25(14-30-26)34(16-20-5-6-20)27(35)18-39-10-9-37-3/h7-8,11-15,19-20H,5-6,9-10,16-18H2,1-4H3,(H,31,32,36)/t19-/m0/s1. The summed E-state index contributed by atoms with van der Waals surface area (Å²) in [5.41, 5.74) is 0.298. The third-order valence-electron chi connectivity index (χ3n) is 6.05. The van der Waals surface area contributed by atoms with Gasteiger partial charge in [-0.1, -0.05) is 0 Å². The van der Waals surface area contributed by atoms with Crippen molar-refractivity contribution in [1.29, 1.82) is 0 Å². The average Bonchev–Trinajstić information content (AvgIpc) is 3.68. The largest absolute Gasteiger partial charge is 0.488 e. The lowest BCUT2D eigenvalue weighted by atomic mass is 10.2. The zero-order chi connectivity index (χ0) is 29.2. The Morgan fingerprint density at radius 2 is 1.90 bits per heavy atom. The topological polar surface area (TPSA) is 139 Å². The highest BCUT2D eigenvalue weighted by molar-refractivity contribution is 6.04. The van der Waals surface area contributed by atoms with E-state index in [1.54, 1.807) is 61.3 Å². The van der Waals surface area contributed by atoms with E-state index in [1.165, 1.54) is 12.4 Å². The number of carbonyl (C=O) groups excluding carboxylic acids is 2. The van der Waals surface area contributed by atoms with Crippen molar-refractivity contribution in [3.05, 3.63) is 48.4 Å². The number of hydrogen-bond acceptors (Lipinski definition) is 10. The summed E-state index contributed by atoms with van der Waals surface area (Å²) >= 11 is 0. The van der Waals surface area contributed by atoms with Crippen molar-refractivity contribution in [1.82, 2.24) is 19.7 Å². The molecule has 1 atom stereocenters. The molecule has 1 fully saturated rings. The van der Waals surface area contributed by atoms with Crippen LogP contribution in [0.3, 0.4) is 0 Å². The Morgan fingerprint density at radius 3 is 2.56 bits per heavy atom. The van der Waals surface area contributed by atoms with E-state index in [2.05, 4.69) is 20.4 Å². The Hall–Kier alpha value is -4.07. The fourth-order valence-corrected chi connectivity index (χ4v) is 3.88. The molecule has 220 valence electrons. The number of aryl methyl sites for hydroxylation is 1. The minimum Gasteiger partial charge on any atom is -0.488 e. The minimum absolute atomic E-state index is 0.0758. The Labute approximate surface area is 238 Å². The number of hydrogen-bond donors (Lipinski definition) is 1. The summed E-state index contributed by atoms with van der Waals surface area (Å²) in [4.78, 5) is 36.2. The predicted octanol–water partition coefficient (Wildman–Crippen LogP) is 3.07. The molecule has 1 N–H and O–H groups in total. The molecule has 1 aromatic carbocycles. The molecule has 2 heterocycles. The first kappa shape index (κ1) is 29.9. The van der Waals surface area contributed by atoms with Crippen LogP contribution in [0.2, 0.25) is 0 Å². The smallest absolute Gasteiger partial charge is 0.257 e. The molecule has 0 radical (unpaired) electrons. The average molecular weight is 569 g/mol. The van der Waals surface area contributed by atoms with Gasteiger partial charge in [-0.05, 0) is 37.8 Å². The van der Waals surface area contributed by atoms with E-state index in [9.17, 15) is 9.59 Å². The Kier molecular flexibility index (Phi) is 10.6. The highest BCUT2D eigenvalue weighted by Crippen LogP contribution is 2.32. The van der Waals surface area contributed by atoms with E-state index < -0.39 is 0 Å². The van der Waals surface area contributed by atoms with E-state index in [4.69, 9.17) is 23.7 Å². The molecule has 0 saturated heterocycles. The van der Waals surface area contributed by atoms with Gasteiger partial charge in [0.15, 0.2) is 11.6 Å². The van der Waals surface area contributed by atoms with Gasteiger partial charge in [-0.3, -0.25) is 19.2 Å². The summed E-state index contributed by atoms with van der Waals surface area (Å²) < 4.78 is 29.0. The van der Waals surface area contributed by atoms with Crippen LogP contribution in [-0.4, -0.2) is 84.9 Å². The van der Waals surface area contributed by atoms with Gasteiger partial charge in [0.1, 0.15) is 24.2 Å². The van der Waals surface area contributed by atoms with Crippen LogP contribution in [0.25, 0.3) is 0 Å². The van der Waals surface area contributed by atoms with Crippen molar-refractivity contribution >= 4 is 23.5 Å². The van der Waals surface area contributed by atoms with Gasteiger partial charge in [0.2, 0.25) is 5.88 Å². The second-order valence-electron chi connectivity index (χ2n) is 9.71. The van der Waals surface area contributed by atoms with Crippen LogP contribution in [0.5, 0.6) is 17.4 Å². The summed E-state index contributed by atoms with van der Waals surface area (Å²) in [7, 11) is 4.92. The summed E-state index contributed by atoms with van der Waals surface area (Å²) in [6, 6.07) is 6.53. The summed E-state index contributed by atoms with van der Waals surface area (Å²) in [5.74, 6) is 1.59. The van der Waals surface area contributed by atoms with Crippen molar-refractivity contribution < 1.29 is 33.3 Å².